The molecule has 11 aromatic rings. The molecule has 0 unspecified atom stereocenters. The van der Waals surface area contributed by atoms with E-state index in [4.69, 9.17) is 9.97 Å². The molecule has 5 nitrogen and oxygen atoms in total. The van der Waals surface area contributed by atoms with Crippen LogP contribution in [0.25, 0.3) is 94.0 Å². The number of para-hydroxylation sites is 6. The number of benzene rings is 6. The van der Waals surface area contributed by atoms with E-state index in [1.165, 1.54) is 32.3 Å². The van der Waals surface area contributed by atoms with E-state index in [0.29, 0.717) is 0 Å². The lowest BCUT2D eigenvalue weighted by molar-refractivity contribution is 1.01. The zero-order chi connectivity index (χ0) is 33.5. The molecule has 0 atom stereocenters. The van der Waals surface area contributed by atoms with Gasteiger partial charge in [0.05, 0.1) is 33.1 Å². The fourth-order valence-electron chi connectivity index (χ4n) is 8.13. The van der Waals surface area contributed by atoms with Crippen molar-refractivity contribution in [2.45, 2.75) is 0 Å². The first-order chi connectivity index (χ1) is 25.3. The SMILES string of the molecule is c1ccc2c(c1)c1ccccc1n2-c1cc(-c2cc(-n3c4ccccc4c4ccccc43)nc(-n3c4ccccc4c4ccccc43)c2)ccn1. The summed E-state index contributed by atoms with van der Waals surface area (Å²) in [6.45, 7) is 0. The summed E-state index contributed by atoms with van der Waals surface area (Å²) < 4.78 is 6.89. The molecule has 0 radical (unpaired) electrons. The summed E-state index contributed by atoms with van der Waals surface area (Å²) in [6.07, 6.45) is 1.93. The molecule has 0 fully saturated rings. The van der Waals surface area contributed by atoms with Gasteiger partial charge in [0.15, 0.2) is 0 Å². The predicted molar refractivity (Wildman–Crippen MR) is 210 cm³/mol. The number of fused-ring (bicyclic) bond motifs is 9. The summed E-state index contributed by atoms with van der Waals surface area (Å²) in [5.74, 6) is 2.59. The van der Waals surface area contributed by atoms with E-state index < -0.39 is 0 Å². The van der Waals surface area contributed by atoms with E-state index in [1.54, 1.807) is 0 Å². The number of hydrogen-bond acceptors (Lipinski definition) is 2. The van der Waals surface area contributed by atoms with Crippen LogP contribution in [-0.4, -0.2) is 23.7 Å². The maximum Gasteiger partial charge on any atom is 0.140 e. The Hall–Kier alpha value is -6.98. The summed E-state index contributed by atoms with van der Waals surface area (Å²) in [5, 5.41) is 7.25. The van der Waals surface area contributed by atoms with Crippen LogP contribution >= 0.6 is 0 Å². The highest BCUT2D eigenvalue weighted by Crippen LogP contribution is 2.37. The fraction of sp³-hybridized carbons (Fsp3) is 0. The van der Waals surface area contributed by atoms with Crippen LogP contribution in [0.1, 0.15) is 0 Å². The van der Waals surface area contributed by atoms with Gasteiger partial charge in [0.1, 0.15) is 17.5 Å². The zero-order valence-corrected chi connectivity index (χ0v) is 27.5. The van der Waals surface area contributed by atoms with E-state index in [9.17, 15) is 0 Å². The van der Waals surface area contributed by atoms with Gasteiger partial charge in [-0.2, -0.15) is 0 Å². The summed E-state index contributed by atoms with van der Waals surface area (Å²) in [7, 11) is 0. The average Bonchev–Trinajstić information content (AvgIpc) is 3.84. The van der Waals surface area contributed by atoms with E-state index in [1.807, 2.05) is 6.20 Å². The van der Waals surface area contributed by atoms with Gasteiger partial charge < -0.3 is 0 Å². The smallest absolute Gasteiger partial charge is 0.140 e. The Balaban J connectivity index is 1.22. The van der Waals surface area contributed by atoms with Crippen molar-refractivity contribution in [3.05, 3.63) is 176 Å². The molecule has 0 aliphatic carbocycles. The van der Waals surface area contributed by atoms with E-state index in [-0.39, 0.29) is 0 Å². The largest absolute Gasteiger partial charge is 0.294 e. The van der Waals surface area contributed by atoms with Crippen LogP contribution in [0, 0.1) is 0 Å². The molecule has 5 aromatic heterocycles. The number of rotatable bonds is 4. The van der Waals surface area contributed by atoms with Gasteiger partial charge in [0.2, 0.25) is 0 Å². The maximum absolute atomic E-state index is 5.50. The molecule has 0 bridgehead atoms. The van der Waals surface area contributed by atoms with Gasteiger partial charge in [-0.1, -0.05) is 109 Å². The Kier molecular flexibility index (Phi) is 5.89. The number of pyridine rings is 2. The monoisotopic (exact) mass is 651 g/mol. The minimum atomic E-state index is 0.858. The van der Waals surface area contributed by atoms with Crippen molar-refractivity contribution in [2.75, 3.05) is 0 Å². The molecule has 5 heterocycles. The molecule has 0 N–H and O–H groups in total. The summed E-state index contributed by atoms with van der Waals surface area (Å²) in [6, 6.07) is 60.3. The number of hydrogen-bond donors (Lipinski definition) is 0. The maximum atomic E-state index is 5.50. The summed E-state index contributed by atoms with van der Waals surface area (Å²) in [4.78, 5) is 10.5. The second kappa shape index (κ2) is 10.8. The molecule has 0 amide bonds. The van der Waals surface area contributed by atoms with Gasteiger partial charge in [0.25, 0.3) is 0 Å². The topological polar surface area (TPSA) is 40.6 Å². The Labute approximate surface area is 292 Å². The van der Waals surface area contributed by atoms with Crippen molar-refractivity contribution >= 4 is 65.4 Å². The average molecular weight is 652 g/mol. The third-order valence-electron chi connectivity index (χ3n) is 10.3. The van der Waals surface area contributed by atoms with Crippen molar-refractivity contribution < 1.29 is 0 Å². The molecular formula is C46H29N5. The van der Waals surface area contributed by atoms with Crippen molar-refractivity contribution in [3.8, 4) is 28.6 Å². The summed E-state index contributed by atoms with van der Waals surface area (Å²) >= 11 is 0. The van der Waals surface area contributed by atoms with Gasteiger partial charge in [-0.3, -0.25) is 13.7 Å². The van der Waals surface area contributed by atoms with Crippen molar-refractivity contribution in [2.24, 2.45) is 0 Å². The normalized spacial score (nSPS) is 11.9. The molecule has 51 heavy (non-hydrogen) atoms. The van der Waals surface area contributed by atoms with Gasteiger partial charge in [-0.25, -0.2) is 9.97 Å². The third-order valence-corrected chi connectivity index (χ3v) is 10.3. The zero-order valence-electron chi connectivity index (χ0n) is 27.5. The van der Waals surface area contributed by atoms with Crippen LogP contribution in [0.15, 0.2) is 176 Å². The second-order valence-corrected chi connectivity index (χ2v) is 13.1. The highest BCUT2D eigenvalue weighted by Gasteiger charge is 2.19. The summed E-state index contributed by atoms with van der Waals surface area (Å²) in [5.41, 5.74) is 8.88. The molecule has 5 heteroatoms. The Morgan fingerprint density at radius 2 is 0.588 bits per heavy atom. The lowest BCUT2D eigenvalue weighted by atomic mass is 10.1. The van der Waals surface area contributed by atoms with Gasteiger partial charge in [-0.15, -0.1) is 0 Å². The molecule has 11 rings (SSSR count). The van der Waals surface area contributed by atoms with Gasteiger partial charge in [0, 0.05) is 38.5 Å². The lowest BCUT2D eigenvalue weighted by Gasteiger charge is -2.15. The third kappa shape index (κ3) is 4.09. The lowest BCUT2D eigenvalue weighted by Crippen LogP contribution is -2.04. The first-order valence-electron chi connectivity index (χ1n) is 17.3. The second-order valence-electron chi connectivity index (χ2n) is 13.1. The highest BCUT2D eigenvalue weighted by atomic mass is 15.1. The standard InChI is InChI=1S/C46H29N5/c1-7-19-38-32(13-1)33-14-2-8-20-39(33)49(38)44-27-30(25-26-47-44)31-28-45(50-40-21-9-3-15-34(40)35-16-4-10-22-41(35)50)48-46(29-31)51-42-23-11-5-17-36(42)37-18-6-12-24-43(37)51/h1-29H. The minimum absolute atomic E-state index is 0.858. The van der Waals surface area contributed by atoms with Crippen molar-refractivity contribution in [1.29, 1.82) is 0 Å². The first kappa shape index (κ1) is 27.9. The first-order valence-corrected chi connectivity index (χ1v) is 17.3. The molecule has 0 saturated carbocycles. The van der Waals surface area contributed by atoms with Gasteiger partial charge >= 0.3 is 0 Å². The molecule has 6 aromatic carbocycles. The minimum Gasteiger partial charge on any atom is -0.294 e. The van der Waals surface area contributed by atoms with Crippen LogP contribution in [0.4, 0.5) is 0 Å². The highest BCUT2D eigenvalue weighted by molar-refractivity contribution is 6.11. The van der Waals surface area contributed by atoms with Crippen molar-refractivity contribution in [3.63, 3.8) is 0 Å². The molecule has 0 saturated heterocycles. The molecule has 238 valence electrons. The van der Waals surface area contributed by atoms with E-state index in [0.717, 1.165) is 61.7 Å². The number of aromatic nitrogens is 5. The molecule has 0 spiro atoms. The molecule has 0 aliphatic heterocycles. The predicted octanol–water partition coefficient (Wildman–Crippen LogP) is 11.4. The van der Waals surface area contributed by atoms with Crippen LogP contribution in [0.3, 0.4) is 0 Å². The van der Waals surface area contributed by atoms with Crippen LogP contribution in [0.2, 0.25) is 0 Å². The van der Waals surface area contributed by atoms with Crippen LogP contribution in [0.5, 0.6) is 0 Å². The fourth-order valence-corrected chi connectivity index (χ4v) is 8.13. The molecule has 0 aliphatic rings. The van der Waals surface area contributed by atoms with E-state index >= 15 is 0 Å². The number of nitrogens with zero attached hydrogens (tertiary/aromatic N) is 5. The Morgan fingerprint density at radius 1 is 0.294 bits per heavy atom. The Bertz CT molecular complexity index is 2870. The quantitative estimate of drug-likeness (QED) is 0.190. The van der Waals surface area contributed by atoms with Crippen LogP contribution in [-0.2, 0) is 0 Å². The Morgan fingerprint density at radius 3 is 0.941 bits per heavy atom. The van der Waals surface area contributed by atoms with Crippen LogP contribution < -0.4 is 0 Å². The van der Waals surface area contributed by atoms with Gasteiger partial charge in [-0.05, 0) is 71.8 Å². The van der Waals surface area contributed by atoms with Crippen molar-refractivity contribution in [1.82, 2.24) is 23.7 Å². The molecular weight excluding hydrogens is 623 g/mol. The van der Waals surface area contributed by atoms with E-state index in [2.05, 4.69) is 184 Å².